The van der Waals surface area contributed by atoms with Crippen LogP contribution in [0.25, 0.3) is 39.5 Å². The number of pyridine rings is 2. The Hall–Kier alpha value is -4.56. The molecule has 0 bridgehead atoms. The van der Waals surface area contributed by atoms with Crippen LogP contribution in [0.2, 0.25) is 0 Å². The number of hydrogen-bond donors (Lipinski definition) is 1. The lowest BCUT2D eigenvalue weighted by molar-refractivity contribution is -0.147. The van der Waals surface area contributed by atoms with Gasteiger partial charge in [0, 0.05) is 30.0 Å². The normalized spacial score (nSPS) is 16.6. The number of carbonyl (C=O) groups excluding carboxylic acids is 1. The first kappa shape index (κ1) is 25.7. The molecule has 8 heteroatoms. The van der Waals surface area contributed by atoms with Crippen molar-refractivity contribution in [1.29, 1.82) is 0 Å². The van der Waals surface area contributed by atoms with Crippen LogP contribution in [0.3, 0.4) is 0 Å². The van der Waals surface area contributed by atoms with E-state index in [2.05, 4.69) is 57.8 Å². The maximum absolute atomic E-state index is 12.2. The fourth-order valence-electron chi connectivity index (χ4n) is 5.59. The van der Waals surface area contributed by atoms with E-state index in [1.54, 1.807) is 6.20 Å². The van der Waals surface area contributed by atoms with Crippen LogP contribution in [-0.2, 0) is 9.53 Å². The number of nitrogens with zero attached hydrogens (tertiary/aromatic N) is 5. The highest BCUT2D eigenvalue weighted by atomic mass is 16.5. The van der Waals surface area contributed by atoms with Gasteiger partial charge in [-0.2, -0.15) is 0 Å². The Morgan fingerprint density at radius 1 is 1.00 bits per heavy atom. The third kappa shape index (κ3) is 4.82. The number of ether oxygens (including phenoxy) is 1. The Morgan fingerprint density at radius 2 is 1.80 bits per heavy atom. The molecule has 5 aromatic rings. The number of esters is 1. The van der Waals surface area contributed by atoms with Crippen LogP contribution in [0.15, 0.2) is 85.1 Å². The fourth-order valence-corrected chi connectivity index (χ4v) is 5.59. The molecule has 0 spiro atoms. The predicted octanol–water partition coefficient (Wildman–Crippen LogP) is 5.68. The molecule has 0 amide bonds. The van der Waals surface area contributed by atoms with Crippen molar-refractivity contribution in [2.75, 3.05) is 25.9 Å². The maximum Gasteiger partial charge on any atom is 0.309 e. The van der Waals surface area contributed by atoms with Gasteiger partial charge in [-0.25, -0.2) is 15.0 Å². The molecule has 1 aliphatic rings. The molecule has 202 valence electrons. The molecule has 2 unspecified atom stereocenters. The van der Waals surface area contributed by atoms with Crippen molar-refractivity contribution in [2.45, 2.75) is 25.8 Å². The number of nitrogen functional groups attached to an aromatic ring is 1. The molecule has 3 aromatic heterocycles. The number of aromatic nitrogens is 4. The number of benzene rings is 2. The summed E-state index contributed by atoms with van der Waals surface area (Å²) < 4.78 is 7.07. The van der Waals surface area contributed by atoms with E-state index in [-0.39, 0.29) is 17.9 Å². The summed E-state index contributed by atoms with van der Waals surface area (Å²) in [6.07, 6.45) is 3.54. The van der Waals surface area contributed by atoms with Crippen LogP contribution in [0.1, 0.15) is 31.4 Å². The minimum absolute atomic E-state index is 0.0739. The van der Waals surface area contributed by atoms with Gasteiger partial charge in [0.2, 0.25) is 0 Å². The summed E-state index contributed by atoms with van der Waals surface area (Å²) in [7, 11) is 1.47. The first-order valence-electron chi connectivity index (χ1n) is 13.6. The monoisotopic (exact) mass is 532 g/mol. The van der Waals surface area contributed by atoms with Crippen molar-refractivity contribution < 1.29 is 9.53 Å². The van der Waals surface area contributed by atoms with Crippen molar-refractivity contribution >= 4 is 23.0 Å². The van der Waals surface area contributed by atoms with Crippen LogP contribution in [-0.4, -0.2) is 50.6 Å². The van der Waals surface area contributed by atoms with Gasteiger partial charge in [-0.3, -0.25) is 14.3 Å². The highest BCUT2D eigenvalue weighted by Crippen LogP contribution is 2.33. The van der Waals surface area contributed by atoms with Gasteiger partial charge in [0.1, 0.15) is 11.3 Å². The molecule has 0 saturated carbocycles. The zero-order chi connectivity index (χ0) is 27.6. The number of rotatable bonds is 6. The van der Waals surface area contributed by atoms with Gasteiger partial charge >= 0.3 is 5.97 Å². The second-order valence-electron chi connectivity index (χ2n) is 10.2. The zero-order valence-electron chi connectivity index (χ0n) is 22.7. The summed E-state index contributed by atoms with van der Waals surface area (Å²) in [5.74, 6) is 0.910. The number of fused-ring (bicyclic) bond motifs is 1. The third-order valence-electron chi connectivity index (χ3n) is 7.82. The van der Waals surface area contributed by atoms with E-state index in [9.17, 15) is 4.79 Å². The topological polar surface area (TPSA) is 99.2 Å². The number of anilines is 1. The number of nitrogens with two attached hydrogens (primary N) is 1. The van der Waals surface area contributed by atoms with E-state index in [1.165, 1.54) is 12.7 Å². The Bertz CT molecular complexity index is 1650. The van der Waals surface area contributed by atoms with Gasteiger partial charge in [0.05, 0.1) is 24.3 Å². The average molecular weight is 533 g/mol. The van der Waals surface area contributed by atoms with Gasteiger partial charge in [-0.05, 0) is 68.3 Å². The standard InChI is InChI=1S/C32H32N6O2/c1-21(37-19-7-10-24(20-37)32(39)40-2)22-12-14-25(15-13-22)38-30(26-11-6-18-34-29(26)33)36-28-17-16-27(35-31(28)38)23-8-4-3-5-9-23/h3-6,8-9,11-18,21,24H,7,10,19-20H2,1-2H3,(H2,33,34). The predicted molar refractivity (Wildman–Crippen MR) is 157 cm³/mol. The highest BCUT2D eigenvalue weighted by molar-refractivity contribution is 5.84. The maximum atomic E-state index is 12.2. The van der Waals surface area contributed by atoms with Crippen LogP contribution < -0.4 is 5.73 Å². The first-order chi connectivity index (χ1) is 19.5. The largest absolute Gasteiger partial charge is 0.469 e. The molecule has 8 nitrogen and oxygen atoms in total. The Labute approximate surface area is 233 Å². The van der Waals surface area contributed by atoms with Gasteiger partial charge in [0.15, 0.2) is 11.5 Å². The summed E-state index contributed by atoms with van der Waals surface area (Å²) in [5, 5.41) is 0. The van der Waals surface area contributed by atoms with Crippen molar-refractivity contribution in [3.05, 3.63) is 90.6 Å². The molecular formula is C32H32N6O2. The molecule has 1 aliphatic heterocycles. The van der Waals surface area contributed by atoms with Crippen molar-refractivity contribution in [3.63, 3.8) is 0 Å². The highest BCUT2D eigenvalue weighted by Gasteiger charge is 2.29. The molecule has 0 radical (unpaired) electrons. The minimum atomic E-state index is -0.121. The molecule has 1 saturated heterocycles. The number of methoxy groups -OCH3 is 1. The van der Waals surface area contributed by atoms with E-state index in [4.69, 9.17) is 20.4 Å². The van der Waals surface area contributed by atoms with E-state index >= 15 is 0 Å². The third-order valence-corrected chi connectivity index (χ3v) is 7.82. The number of likely N-dealkylation sites (tertiary alicyclic amines) is 1. The average Bonchev–Trinajstić information content (AvgIpc) is 3.39. The van der Waals surface area contributed by atoms with Gasteiger partial charge < -0.3 is 10.5 Å². The Kier molecular flexibility index (Phi) is 7.00. The van der Waals surface area contributed by atoms with E-state index in [1.807, 2.05) is 42.5 Å². The summed E-state index contributed by atoms with van der Waals surface area (Å²) in [4.78, 5) is 28.8. The molecule has 2 aromatic carbocycles. The number of piperidine rings is 1. The lowest BCUT2D eigenvalue weighted by Crippen LogP contribution is -2.40. The summed E-state index contributed by atoms with van der Waals surface area (Å²) >= 11 is 0. The molecule has 4 heterocycles. The smallest absolute Gasteiger partial charge is 0.309 e. The Balaban J connectivity index is 1.40. The van der Waals surface area contributed by atoms with Crippen LogP contribution in [0.4, 0.5) is 5.82 Å². The molecular weight excluding hydrogens is 500 g/mol. The van der Waals surface area contributed by atoms with Gasteiger partial charge in [-0.1, -0.05) is 42.5 Å². The number of carbonyl (C=O) groups is 1. The minimum Gasteiger partial charge on any atom is -0.469 e. The molecule has 2 N–H and O–H groups in total. The van der Waals surface area contributed by atoms with Crippen molar-refractivity contribution in [2.24, 2.45) is 5.92 Å². The van der Waals surface area contributed by atoms with Crippen LogP contribution in [0, 0.1) is 5.92 Å². The first-order valence-corrected chi connectivity index (χ1v) is 13.6. The lowest BCUT2D eigenvalue weighted by Gasteiger charge is -2.36. The van der Waals surface area contributed by atoms with Crippen LogP contribution >= 0.6 is 0 Å². The molecule has 1 fully saturated rings. The summed E-state index contributed by atoms with van der Waals surface area (Å²) in [6, 6.07) is 26.6. The SMILES string of the molecule is COC(=O)C1CCCN(C(C)c2ccc(-n3c(-c4cccnc4N)nc4ccc(-c5ccccc5)nc43)cc2)C1. The molecule has 2 atom stereocenters. The lowest BCUT2D eigenvalue weighted by atomic mass is 9.95. The second kappa shape index (κ2) is 10.9. The van der Waals surface area contributed by atoms with Gasteiger partial charge in [0.25, 0.3) is 0 Å². The number of imidazole rings is 1. The van der Waals surface area contributed by atoms with Crippen molar-refractivity contribution in [3.8, 4) is 28.3 Å². The molecule has 6 rings (SSSR count). The fraction of sp³-hybridized carbons (Fsp3) is 0.250. The zero-order valence-corrected chi connectivity index (χ0v) is 22.7. The van der Waals surface area contributed by atoms with Crippen LogP contribution in [0.5, 0.6) is 0 Å². The van der Waals surface area contributed by atoms with E-state index in [0.29, 0.717) is 18.2 Å². The quantitative estimate of drug-likeness (QED) is 0.281. The van der Waals surface area contributed by atoms with E-state index in [0.717, 1.165) is 53.1 Å². The second-order valence-corrected chi connectivity index (χ2v) is 10.2. The van der Waals surface area contributed by atoms with Crippen molar-refractivity contribution in [1.82, 2.24) is 24.4 Å². The summed E-state index contributed by atoms with van der Waals surface area (Å²) in [5.41, 5.74) is 12.6. The van der Waals surface area contributed by atoms with Gasteiger partial charge in [-0.15, -0.1) is 0 Å². The molecule has 0 aliphatic carbocycles. The Morgan fingerprint density at radius 3 is 2.55 bits per heavy atom. The summed E-state index contributed by atoms with van der Waals surface area (Å²) in [6.45, 7) is 3.86. The number of hydrogen-bond acceptors (Lipinski definition) is 7. The van der Waals surface area contributed by atoms with E-state index < -0.39 is 0 Å². The molecule has 40 heavy (non-hydrogen) atoms.